The van der Waals surface area contributed by atoms with Crippen molar-refractivity contribution in [3.05, 3.63) is 94.6 Å². The van der Waals surface area contributed by atoms with Crippen molar-refractivity contribution < 1.29 is 0 Å². The van der Waals surface area contributed by atoms with Crippen LogP contribution in [0.3, 0.4) is 0 Å². The number of rotatable bonds is 3. The smallest absolute Gasteiger partial charge is 0.0928 e. The lowest BCUT2D eigenvalue weighted by Gasteiger charge is -2.10. The summed E-state index contributed by atoms with van der Waals surface area (Å²) in [5.74, 6) is 0. The predicted molar refractivity (Wildman–Crippen MR) is 102 cm³/mol. The number of fused-ring (bicyclic) bond motifs is 1. The maximum atomic E-state index is 4.90. The van der Waals surface area contributed by atoms with Crippen molar-refractivity contribution in [3.8, 4) is 11.3 Å². The Balaban J connectivity index is 1.86. The molecule has 0 saturated carbocycles. The maximum Gasteiger partial charge on any atom is 0.0928 e. The Labute approximate surface area is 149 Å². The molecular weight excluding hydrogens is 360 g/mol. The van der Waals surface area contributed by atoms with Gasteiger partial charge in [-0.25, -0.2) is 9.97 Å². The molecule has 0 spiro atoms. The highest BCUT2D eigenvalue weighted by molar-refractivity contribution is 9.10. The van der Waals surface area contributed by atoms with Crippen LogP contribution in [0, 0.1) is 0 Å². The van der Waals surface area contributed by atoms with Gasteiger partial charge >= 0.3 is 0 Å². The average molecular weight is 375 g/mol. The summed E-state index contributed by atoms with van der Waals surface area (Å²) in [5, 5.41) is 0. The van der Waals surface area contributed by atoms with Gasteiger partial charge in [-0.05, 0) is 29.8 Å². The topological polar surface area (TPSA) is 25.8 Å². The van der Waals surface area contributed by atoms with Gasteiger partial charge in [0.05, 0.1) is 22.4 Å². The van der Waals surface area contributed by atoms with E-state index in [2.05, 4.69) is 52.3 Å². The maximum absolute atomic E-state index is 4.90. The zero-order valence-corrected chi connectivity index (χ0v) is 14.6. The summed E-state index contributed by atoms with van der Waals surface area (Å²) < 4.78 is 1.08. The zero-order valence-electron chi connectivity index (χ0n) is 13.0. The molecule has 4 rings (SSSR count). The third-order valence-electron chi connectivity index (χ3n) is 3.97. The molecule has 2 nitrogen and oxygen atoms in total. The normalized spacial score (nSPS) is 10.9. The first-order valence-corrected chi connectivity index (χ1v) is 8.64. The number of benzene rings is 3. The predicted octanol–water partition coefficient (Wildman–Crippen LogP) is 5.65. The lowest BCUT2D eigenvalue weighted by molar-refractivity contribution is 1.07. The summed E-state index contributed by atoms with van der Waals surface area (Å²) >= 11 is 3.49. The highest BCUT2D eigenvalue weighted by atomic mass is 79.9. The Bertz CT molecular complexity index is 980. The minimum Gasteiger partial charge on any atom is -0.249 e. The Morgan fingerprint density at radius 3 is 2.00 bits per heavy atom. The first-order chi connectivity index (χ1) is 11.8. The van der Waals surface area contributed by atoms with Crippen LogP contribution >= 0.6 is 15.9 Å². The molecule has 0 aliphatic heterocycles. The van der Waals surface area contributed by atoms with Crippen LogP contribution in [0.25, 0.3) is 22.3 Å². The molecule has 4 aromatic rings. The third-order valence-corrected chi connectivity index (χ3v) is 4.50. The second-order valence-corrected chi connectivity index (χ2v) is 6.59. The Morgan fingerprint density at radius 1 is 0.667 bits per heavy atom. The number of aromatic nitrogens is 2. The van der Waals surface area contributed by atoms with Crippen LogP contribution in [-0.4, -0.2) is 9.97 Å². The van der Waals surface area contributed by atoms with Gasteiger partial charge in [-0.15, -0.1) is 0 Å². The molecule has 1 aromatic heterocycles. The molecule has 0 N–H and O–H groups in total. The molecule has 3 heteroatoms. The van der Waals surface area contributed by atoms with Crippen molar-refractivity contribution in [3.63, 3.8) is 0 Å². The average Bonchev–Trinajstić information content (AvgIpc) is 2.64. The molecule has 0 amide bonds. The van der Waals surface area contributed by atoms with E-state index >= 15 is 0 Å². The number of para-hydroxylation sites is 2. The van der Waals surface area contributed by atoms with Gasteiger partial charge in [0.25, 0.3) is 0 Å². The fraction of sp³-hybridized carbons (Fsp3) is 0.0476. The van der Waals surface area contributed by atoms with Crippen molar-refractivity contribution in [2.45, 2.75) is 6.42 Å². The molecule has 0 radical (unpaired) electrons. The molecule has 0 atom stereocenters. The summed E-state index contributed by atoms with van der Waals surface area (Å²) in [7, 11) is 0. The molecule has 1 heterocycles. The lowest BCUT2D eigenvalue weighted by Crippen LogP contribution is -2.00. The highest BCUT2D eigenvalue weighted by Gasteiger charge is 2.11. The van der Waals surface area contributed by atoms with E-state index in [1.54, 1.807) is 0 Å². The summed E-state index contributed by atoms with van der Waals surface area (Å²) in [6.45, 7) is 0. The molecular formula is C21H15BrN2. The Hall–Kier alpha value is -2.52. The number of hydrogen-bond donors (Lipinski definition) is 0. The molecule has 0 saturated heterocycles. The van der Waals surface area contributed by atoms with Crippen LogP contribution < -0.4 is 0 Å². The number of halogens is 1. The van der Waals surface area contributed by atoms with E-state index in [1.807, 2.05) is 42.5 Å². The summed E-state index contributed by atoms with van der Waals surface area (Å²) in [6.07, 6.45) is 0.759. The minimum atomic E-state index is 0.759. The first-order valence-electron chi connectivity index (χ1n) is 7.85. The van der Waals surface area contributed by atoms with E-state index in [-0.39, 0.29) is 0 Å². The van der Waals surface area contributed by atoms with Crippen molar-refractivity contribution in [2.24, 2.45) is 0 Å². The number of nitrogens with zero attached hydrogens (tertiary/aromatic N) is 2. The molecule has 0 aliphatic carbocycles. The summed E-state index contributed by atoms with van der Waals surface area (Å²) in [5.41, 5.74) is 6.14. The first kappa shape index (κ1) is 15.0. The van der Waals surface area contributed by atoms with Crippen LogP contribution in [0.5, 0.6) is 0 Å². The SMILES string of the molecule is Brc1ccc(Cc2nc3ccccc3nc2-c2ccccc2)cc1. The van der Waals surface area contributed by atoms with E-state index < -0.39 is 0 Å². The monoisotopic (exact) mass is 374 g/mol. The van der Waals surface area contributed by atoms with Gasteiger partial charge in [-0.1, -0.05) is 70.5 Å². The lowest BCUT2D eigenvalue weighted by atomic mass is 10.0. The van der Waals surface area contributed by atoms with E-state index in [0.717, 1.165) is 38.9 Å². The van der Waals surface area contributed by atoms with Gasteiger partial charge in [0.1, 0.15) is 0 Å². The van der Waals surface area contributed by atoms with E-state index in [1.165, 1.54) is 5.56 Å². The van der Waals surface area contributed by atoms with Gasteiger partial charge in [-0.2, -0.15) is 0 Å². The van der Waals surface area contributed by atoms with Gasteiger partial charge in [0.2, 0.25) is 0 Å². The molecule has 0 aliphatic rings. The van der Waals surface area contributed by atoms with E-state index in [0.29, 0.717) is 0 Å². The van der Waals surface area contributed by atoms with Crippen molar-refractivity contribution in [1.82, 2.24) is 9.97 Å². The molecule has 0 unspecified atom stereocenters. The van der Waals surface area contributed by atoms with E-state index in [9.17, 15) is 0 Å². The molecule has 116 valence electrons. The minimum absolute atomic E-state index is 0.759. The van der Waals surface area contributed by atoms with Gasteiger partial charge in [0, 0.05) is 16.5 Å². The van der Waals surface area contributed by atoms with Crippen molar-refractivity contribution >= 4 is 27.0 Å². The second-order valence-electron chi connectivity index (χ2n) is 5.68. The summed E-state index contributed by atoms with van der Waals surface area (Å²) in [6, 6.07) is 26.7. The zero-order chi connectivity index (χ0) is 16.4. The van der Waals surface area contributed by atoms with Gasteiger partial charge in [0.15, 0.2) is 0 Å². The van der Waals surface area contributed by atoms with E-state index in [4.69, 9.17) is 9.97 Å². The fourth-order valence-corrected chi connectivity index (χ4v) is 3.05. The summed E-state index contributed by atoms with van der Waals surface area (Å²) in [4.78, 5) is 9.78. The van der Waals surface area contributed by atoms with Crippen molar-refractivity contribution in [1.29, 1.82) is 0 Å². The van der Waals surface area contributed by atoms with Crippen LogP contribution in [0.1, 0.15) is 11.3 Å². The van der Waals surface area contributed by atoms with Crippen LogP contribution in [0.2, 0.25) is 0 Å². The highest BCUT2D eigenvalue weighted by Crippen LogP contribution is 2.25. The number of hydrogen-bond acceptors (Lipinski definition) is 2. The molecule has 0 fully saturated rings. The standard InChI is InChI=1S/C21H15BrN2/c22-17-12-10-15(11-13-17)14-20-21(16-6-2-1-3-7-16)24-19-9-5-4-8-18(19)23-20/h1-13H,14H2. The second kappa shape index (κ2) is 6.54. The van der Waals surface area contributed by atoms with Gasteiger partial charge in [-0.3, -0.25) is 0 Å². The van der Waals surface area contributed by atoms with Gasteiger partial charge < -0.3 is 0 Å². The molecule has 3 aromatic carbocycles. The molecule has 24 heavy (non-hydrogen) atoms. The van der Waals surface area contributed by atoms with Crippen LogP contribution in [0.4, 0.5) is 0 Å². The largest absolute Gasteiger partial charge is 0.249 e. The molecule has 0 bridgehead atoms. The quantitative estimate of drug-likeness (QED) is 0.462. The van der Waals surface area contributed by atoms with Crippen molar-refractivity contribution in [2.75, 3.05) is 0 Å². The third kappa shape index (κ3) is 3.08. The van der Waals surface area contributed by atoms with Crippen LogP contribution in [-0.2, 0) is 6.42 Å². The Morgan fingerprint density at radius 2 is 1.29 bits per heavy atom. The van der Waals surface area contributed by atoms with Crippen LogP contribution in [0.15, 0.2) is 83.3 Å². The fourth-order valence-electron chi connectivity index (χ4n) is 2.78. The Kier molecular flexibility index (Phi) is 4.09.